The molecule has 0 aliphatic heterocycles. The van der Waals surface area contributed by atoms with Gasteiger partial charge in [-0.15, -0.1) is 0 Å². The van der Waals surface area contributed by atoms with Crippen LogP contribution in [-0.4, -0.2) is 35.8 Å². The van der Waals surface area contributed by atoms with E-state index in [0.717, 1.165) is 0 Å². The van der Waals surface area contributed by atoms with Gasteiger partial charge in [0, 0.05) is 11.9 Å². The van der Waals surface area contributed by atoms with E-state index in [4.69, 9.17) is 27.4 Å². The molecule has 1 amide bonds. The summed E-state index contributed by atoms with van der Waals surface area (Å²) >= 11 is 5.21. The predicted octanol–water partition coefficient (Wildman–Crippen LogP) is 2.36. The van der Waals surface area contributed by atoms with E-state index < -0.39 is 11.9 Å². The second-order valence-electron chi connectivity index (χ2n) is 6.56. The van der Waals surface area contributed by atoms with Crippen LogP contribution >= 0.6 is 12.2 Å². The molecule has 0 saturated heterocycles. The van der Waals surface area contributed by atoms with Crippen molar-refractivity contribution in [2.75, 3.05) is 25.3 Å². The zero-order chi connectivity index (χ0) is 24.0. The van der Waals surface area contributed by atoms with E-state index in [0.29, 0.717) is 17.1 Å². The number of carbonyl (C=O) groups is 2. The number of nitriles is 1. The van der Waals surface area contributed by atoms with E-state index in [1.807, 2.05) is 6.07 Å². The molecule has 0 radical (unpaired) electrons. The quantitative estimate of drug-likeness (QED) is 0.254. The van der Waals surface area contributed by atoms with Crippen LogP contribution < -0.4 is 26.6 Å². The third-order valence-electron chi connectivity index (χ3n) is 4.59. The minimum Gasteiger partial charge on any atom is -0.497 e. The molecule has 11 heteroatoms. The highest BCUT2D eigenvalue weighted by atomic mass is 32.1. The van der Waals surface area contributed by atoms with Gasteiger partial charge in [-0.05, 0) is 48.6 Å². The first kappa shape index (κ1) is 23.1. The van der Waals surface area contributed by atoms with Gasteiger partial charge in [0.2, 0.25) is 0 Å². The number of nitrogens with one attached hydrogen (secondary N) is 3. The van der Waals surface area contributed by atoms with E-state index in [1.54, 1.807) is 55.6 Å². The Labute approximate surface area is 194 Å². The van der Waals surface area contributed by atoms with E-state index in [9.17, 15) is 14.9 Å². The number of carbonyl (C=O) groups excluding carboxylic acids is 2. The van der Waals surface area contributed by atoms with Gasteiger partial charge in [-0.3, -0.25) is 15.6 Å². The van der Waals surface area contributed by atoms with E-state index in [-0.39, 0.29) is 27.6 Å². The maximum Gasteiger partial charge on any atom is 0.357 e. The van der Waals surface area contributed by atoms with Crippen LogP contribution in [0.25, 0.3) is 5.69 Å². The number of ether oxygens (including phenoxy) is 2. The molecule has 0 saturated carbocycles. The van der Waals surface area contributed by atoms with E-state index in [1.165, 1.54) is 17.9 Å². The molecule has 0 unspecified atom stereocenters. The van der Waals surface area contributed by atoms with Gasteiger partial charge in [-0.1, -0.05) is 12.1 Å². The minimum absolute atomic E-state index is 0.0393. The van der Waals surface area contributed by atoms with Crippen LogP contribution in [0.2, 0.25) is 0 Å². The predicted molar refractivity (Wildman–Crippen MR) is 126 cm³/mol. The summed E-state index contributed by atoms with van der Waals surface area (Å²) < 4.78 is 11.2. The molecule has 3 aromatic rings. The lowest BCUT2D eigenvalue weighted by Gasteiger charge is -2.15. The molecular formula is C22H20N6O4S. The van der Waals surface area contributed by atoms with Gasteiger partial charge < -0.3 is 25.1 Å². The molecule has 0 spiro atoms. The van der Waals surface area contributed by atoms with Crippen molar-refractivity contribution in [2.45, 2.75) is 0 Å². The molecule has 0 fully saturated rings. The number of esters is 1. The lowest BCUT2D eigenvalue weighted by atomic mass is 10.1. The third kappa shape index (κ3) is 5.03. The van der Waals surface area contributed by atoms with Crippen molar-refractivity contribution in [1.29, 1.82) is 5.26 Å². The number of thiocarbonyl (C=S) groups is 1. The fourth-order valence-corrected chi connectivity index (χ4v) is 3.17. The largest absolute Gasteiger partial charge is 0.497 e. The van der Waals surface area contributed by atoms with Gasteiger partial charge in [-0.25, -0.2) is 4.79 Å². The number of anilines is 2. The number of nitrogens with zero attached hydrogens (tertiary/aromatic N) is 2. The SMILES string of the molecule is COC(=O)c1c(N)c(C#N)cn1-c1ccccc1C(=O)NNC(=S)Nc1ccc(OC)cc1. The lowest BCUT2D eigenvalue weighted by molar-refractivity contribution is 0.0592. The number of hydrogen-bond acceptors (Lipinski definition) is 7. The minimum atomic E-state index is -0.743. The highest BCUT2D eigenvalue weighted by molar-refractivity contribution is 7.80. The molecule has 0 aliphatic rings. The summed E-state index contributed by atoms with van der Waals surface area (Å²) in [6.07, 6.45) is 1.37. The normalized spacial score (nSPS) is 9.97. The Kier molecular flexibility index (Phi) is 7.12. The van der Waals surface area contributed by atoms with Crippen LogP contribution in [0.1, 0.15) is 26.4 Å². The van der Waals surface area contributed by atoms with Crippen LogP contribution in [0.3, 0.4) is 0 Å². The standard InChI is InChI=1S/C22H20N6O4S/c1-31-15-9-7-14(8-10-15)25-22(33)27-26-20(29)16-5-3-4-6-17(16)28-12-13(11-23)18(24)19(28)21(30)32-2/h3-10,12H,24H2,1-2H3,(H,26,29)(H2,25,27,33). The van der Waals surface area contributed by atoms with Gasteiger partial charge in [0.05, 0.1) is 36.7 Å². The number of amides is 1. The average Bonchev–Trinajstić information content (AvgIpc) is 3.18. The number of aromatic nitrogens is 1. The van der Waals surface area contributed by atoms with E-state index in [2.05, 4.69) is 16.2 Å². The molecule has 0 atom stereocenters. The Morgan fingerprint density at radius 3 is 2.42 bits per heavy atom. The molecule has 10 nitrogen and oxygen atoms in total. The summed E-state index contributed by atoms with van der Waals surface area (Å²) in [6.45, 7) is 0. The van der Waals surface area contributed by atoms with Crippen molar-refractivity contribution in [3.8, 4) is 17.5 Å². The van der Waals surface area contributed by atoms with Crippen molar-refractivity contribution < 1.29 is 19.1 Å². The van der Waals surface area contributed by atoms with Gasteiger partial charge in [0.25, 0.3) is 5.91 Å². The molecule has 0 aliphatic carbocycles. The Bertz CT molecular complexity index is 1250. The van der Waals surface area contributed by atoms with Crippen LogP contribution in [0.5, 0.6) is 5.75 Å². The van der Waals surface area contributed by atoms with Crippen molar-refractivity contribution in [3.05, 3.63) is 71.5 Å². The molecule has 0 bridgehead atoms. The zero-order valence-electron chi connectivity index (χ0n) is 17.7. The van der Waals surface area contributed by atoms with Crippen LogP contribution in [-0.2, 0) is 4.74 Å². The zero-order valence-corrected chi connectivity index (χ0v) is 18.5. The van der Waals surface area contributed by atoms with Crippen molar-refractivity contribution in [2.24, 2.45) is 0 Å². The summed E-state index contributed by atoms with van der Waals surface area (Å²) in [4.78, 5) is 25.2. The van der Waals surface area contributed by atoms with Crippen molar-refractivity contribution in [3.63, 3.8) is 0 Å². The van der Waals surface area contributed by atoms with Crippen LogP contribution in [0, 0.1) is 11.3 Å². The highest BCUT2D eigenvalue weighted by Crippen LogP contribution is 2.26. The maximum absolute atomic E-state index is 12.9. The van der Waals surface area contributed by atoms with Gasteiger partial charge >= 0.3 is 5.97 Å². The number of para-hydroxylation sites is 1. The first-order valence-corrected chi connectivity index (χ1v) is 9.90. The van der Waals surface area contributed by atoms with Gasteiger partial charge in [0.1, 0.15) is 11.8 Å². The summed E-state index contributed by atoms with van der Waals surface area (Å²) in [7, 11) is 2.77. The highest BCUT2D eigenvalue weighted by Gasteiger charge is 2.24. The number of methoxy groups -OCH3 is 2. The van der Waals surface area contributed by atoms with E-state index >= 15 is 0 Å². The summed E-state index contributed by atoms with van der Waals surface area (Å²) in [5.41, 5.74) is 12.3. The second kappa shape index (κ2) is 10.2. The number of nitrogens with two attached hydrogens (primary N) is 1. The topological polar surface area (TPSA) is 143 Å². The summed E-state index contributed by atoms with van der Waals surface area (Å²) in [5.74, 6) is -0.584. The number of hydrazine groups is 1. The summed E-state index contributed by atoms with van der Waals surface area (Å²) in [6, 6.07) is 15.5. The van der Waals surface area contributed by atoms with Gasteiger partial charge in [0.15, 0.2) is 10.8 Å². The molecule has 3 rings (SSSR count). The van der Waals surface area contributed by atoms with Gasteiger partial charge in [-0.2, -0.15) is 5.26 Å². The number of nitrogen functional groups attached to an aromatic ring is 1. The van der Waals surface area contributed by atoms with Crippen molar-refractivity contribution in [1.82, 2.24) is 15.4 Å². The maximum atomic E-state index is 12.9. The smallest absolute Gasteiger partial charge is 0.357 e. The first-order chi connectivity index (χ1) is 15.9. The molecule has 168 valence electrons. The second-order valence-corrected chi connectivity index (χ2v) is 6.97. The molecule has 2 aromatic carbocycles. The Balaban J connectivity index is 1.80. The third-order valence-corrected chi connectivity index (χ3v) is 4.79. The molecule has 1 heterocycles. The Morgan fingerprint density at radius 2 is 1.79 bits per heavy atom. The van der Waals surface area contributed by atoms with Crippen molar-refractivity contribution >= 4 is 40.6 Å². The average molecular weight is 465 g/mol. The monoisotopic (exact) mass is 464 g/mol. The molecule has 33 heavy (non-hydrogen) atoms. The fraction of sp³-hybridized carbons (Fsp3) is 0.0909. The number of benzene rings is 2. The van der Waals surface area contributed by atoms with Crippen LogP contribution in [0.15, 0.2) is 54.7 Å². The fourth-order valence-electron chi connectivity index (χ4n) is 3.00. The summed E-state index contributed by atoms with van der Waals surface area (Å²) in [5, 5.41) is 12.4. The van der Waals surface area contributed by atoms with Crippen LogP contribution in [0.4, 0.5) is 11.4 Å². The number of rotatable bonds is 5. The molecule has 1 aromatic heterocycles. The lowest BCUT2D eigenvalue weighted by Crippen LogP contribution is -2.44. The Morgan fingerprint density at radius 1 is 1.09 bits per heavy atom. The Hall–Kier alpha value is -4.56. The molecular weight excluding hydrogens is 444 g/mol. The molecule has 5 N–H and O–H groups in total. The first-order valence-electron chi connectivity index (χ1n) is 9.49. The number of hydrogen-bond donors (Lipinski definition) is 4.